The summed E-state index contributed by atoms with van der Waals surface area (Å²) < 4.78 is 2.37. The number of fused-ring (bicyclic) bond motifs is 1. The first-order valence-electron chi connectivity index (χ1n) is 6.25. The van der Waals surface area contributed by atoms with Gasteiger partial charge in [-0.1, -0.05) is 23.4 Å². The highest BCUT2D eigenvalue weighted by Crippen LogP contribution is 2.29. The molecule has 1 unspecified atom stereocenters. The molecule has 0 aliphatic carbocycles. The SMILES string of the molecule is Cc1cc(C(N)c2c(Br)nnn2C)c2ccccc2n1. The Morgan fingerprint density at radius 1 is 1.30 bits per heavy atom. The van der Waals surface area contributed by atoms with E-state index in [0.29, 0.717) is 4.60 Å². The fourth-order valence-electron chi connectivity index (χ4n) is 2.41. The summed E-state index contributed by atoms with van der Waals surface area (Å²) in [5.41, 5.74) is 10.2. The summed E-state index contributed by atoms with van der Waals surface area (Å²) in [4.78, 5) is 4.54. The number of para-hydroxylation sites is 1. The summed E-state index contributed by atoms with van der Waals surface area (Å²) >= 11 is 3.41. The van der Waals surface area contributed by atoms with E-state index in [-0.39, 0.29) is 6.04 Å². The van der Waals surface area contributed by atoms with E-state index in [4.69, 9.17) is 5.73 Å². The lowest BCUT2D eigenvalue weighted by molar-refractivity contribution is 0.652. The molecule has 0 amide bonds. The summed E-state index contributed by atoms with van der Waals surface area (Å²) in [5.74, 6) is 0. The van der Waals surface area contributed by atoms with Gasteiger partial charge in [0.2, 0.25) is 0 Å². The van der Waals surface area contributed by atoms with E-state index in [1.165, 1.54) is 0 Å². The van der Waals surface area contributed by atoms with Gasteiger partial charge in [0, 0.05) is 18.1 Å². The molecule has 102 valence electrons. The minimum atomic E-state index is -0.309. The highest BCUT2D eigenvalue weighted by Gasteiger charge is 2.20. The second-order valence-electron chi connectivity index (χ2n) is 4.74. The lowest BCUT2D eigenvalue weighted by atomic mass is 9.99. The number of nitrogens with two attached hydrogens (primary N) is 1. The maximum absolute atomic E-state index is 6.44. The van der Waals surface area contributed by atoms with Crippen LogP contribution in [0.25, 0.3) is 10.9 Å². The Kier molecular flexibility index (Phi) is 3.27. The van der Waals surface area contributed by atoms with Crippen LogP contribution in [-0.2, 0) is 7.05 Å². The molecule has 0 saturated carbocycles. The van der Waals surface area contributed by atoms with Crippen molar-refractivity contribution in [2.45, 2.75) is 13.0 Å². The lowest BCUT2D eigenvalue weighted by Gasteiger charge is -2.15. The van der Waals surface area contributed by atoms with Gasteiger partial charge in [-0.25, -0.2) is 4.68 Å². The van der Waals surface area contributed by atoms with Gasteiger partial charge in [0.15, 0.2) is 4.60 Å². The van der Waals surface area contributed by atoms with E-state index in [1.807, 2.05) is 44.3 Å². The first-order valence-corrected chi connectivity index (χ1v) is 7.04. The van der Waals surface area contributed by atoms with E-state index >= 15 is 0 Å². The van der Waals surface area contributed by atoms with E-state index in [2.05, 4.69) is 31.2 Å². The van der Waals surface area contributed by atoms with Gasteiger partial charge >= 0.3 is 0 Å². The lowest BCUT2D eigenvalue weighted by Crippen LogP contribution is -2.17. The van der Waals surface area contributed by atoms with Crippen molar-refractivity contribution in [3.63, 3.8) is 0 Å². The van der Waals surface area contributed by atoms with Gasteiger partial charge in [-0.15, -0.1) is 5.10 Å². The number of nitrogens with zero attached hydrogens (tertiary/aromatic N) is 4. The van der Waals surface area contributed by atoms with Crippen molar-refractivity contribution in [1.29, 1.82) is 0 Å². The standard InChI is InChI=1S/C14H14BrN5/c1-8-7-10(9-5-3-4-6-11(9)17-8)12(16)13-14(15)18-19-20(13)2/h3-7,12H,16H2,1-2H3. The second-order valence-corrected chi connectivity index (χ2v) is 5.49. The van der Waals surface area contributed by atoms with Crippen LogP contribution < -0.4 is 5.73 Å². The van der Waals surface area contributed by atoms with Gasteiger partial charge < -0.3 is 5.73 Å². The van der Waals surface area contributed by atoms with Crippen LogP contribution in [0, 0.1) is 6.92 Å². The number of rotatable bonds is 2. The van der Waals surface area contributed by atoms with Gasteiger partial charge in [-0.3, -0.25) is 4.98 Å². The number of aromatic nitrogens is 4. The minimum Gasteiger partial charge on any atom is -0.319 e. The molecule has 3 rings (SSSR count). The molecule has 0 spiro atoms. The van der Waals surface area contributed by atoms with Gasteiger partial charge in [-0.2, -0.15) is 0 Å². The van der Waals surface area contributed by atoms with Crippen LogP contribution in [-0.4, -0.2) is 20.0 Å². The third-order valence-corrected chi connectivity index (χ3v) is 3.90. The Morgan fingerprint density at radius 3 is 2.75 bits per heavy atom. The summed E-state index contributed by atoms with van der Waals surface area (Å²) in [6, 6.07) is 9.71. The van der Waals surface area contributed by atoms with Crippen molar-refractivity contribution < 1.29 is 0 Å². The molecule has 0 radical (unpaired) electrons. The predicted octanol–water partition coefficient (Wildman–Crippen LogP) is 2.48. The van der Waals surface area contributed by atoms with Crippen LogP contribution in [0.3, 0.4) is 0 Å². The Labute approximate surface area is 124 Å². The number of pyridine rings is 1. The van der Waals surface area contributed by atoms with Crippen LogP contribution >= 0.6 is 15.9 Å². The third-order valence-electron chi connectivity index (χ3n) is 3.33. The predicted molar refractivity (Wildman–Crippen MR) is 81.2 cm³/mol. The quantitative estimate of drug-likeness (QED) is 0.783. The topological polar surface area (TPSA) is 69.6 Å². The smallest absolute Gasteiger partial charge is 0.153 e. The summed E-state index contributed by atoms with van der Waals surface area (Å²) in [7, 11) is 1.84. The van der Waals surface area contributed by atoms with E-state index < -0.39 is 0 Å². The largest absolute Gasteiger partial charge is 0.319 e. The third kappa shape index (κ3) is 2.10. The number of hydrogen-bond donors (Lipinski definition) is 1. The molecule has 5 nitrogen and oxygen atoms in total. The van der Waals surface area contributed by atoms with Crippen LogP contribution in [0.15, 0.2) is 34.9 Å². The highest BCUT2D eigenvalue weighted by atomic mass is 79.9. The van der Waals surface area contributed by atoms with Crippen molar-refractivity contribution in [3.05, 3.63) is 51.9 Å². The Morgan fingerprint density at radius 2 is 2.05 bits per heavy atom. The molecule has 20 heavy (non-hydrogen) atoms. The van der Waals surface area contributed by atoms with Crippen LogP contribution in [0.2, 0.25) is 0 Å². The van der Waals surface area contributed by atoms with E-state index in [1.54, 1.807) is 4.68 Å². The Bertz CT molecular complexity index is 761. The number of benzene rings is 1. The van der Waals surface area contributed by atoms with Crippen molar-refractivity contribution in [3.8, 4) is 0 Å². The number of halogens is 1. The van der Waals surface area contributed by atoms with Crippen LogP contribution in [0.5, 0.6) is 0 Å². The summed E-state index contributed by atoms with van der Waals surface area (Å²) in [5, 5.41) is 9.04. The molecule has 1 atom stereocenters. The second kappa shape index (κ2) is 4.96. The Balaban J connectivity index is 2.24. The molecular weight excluding hydrogens is 318 g/mol. The van der Waals surface area contributed by atoms with Crippen molar-refractivity contribution in [1.82, 2.24) is 20.0 Å². The zero-order valence-corrected chi connectivity index (χ0v) is 12.8. The first-order chi connectivity index (χ1) is 9.58. The fraction of sp³-hybridized carbons (Fsp3) is 0.214. The zero-order chi connectivity index (χ0) is 14.3. The highest BCUT2D eigenvalue weighted by molar-refractivity contribution is 9.10. The maximum Gasteiger partial charge on any atom is 0.153 e. The normalized spacial score (nSPS) is 12.8. The number of aryl methyl sites for hydroxylation is 2. The maximum atomic E-state index is 6.44. The molecule has 1 aromatic carbocycles. The molecule has 2 N–H and O–H groups in total. The van der Waals surface area contributed by atoms with Crippen molar-refractivity contribution in [2.24, 2.45) is 12.8 Å². The van der Waals surface area contributed by atoms with Crippen LogP contribution in [0.4, 0.5) is 0 Å². The summed E-state index contributed by atoms with van der Waals surface area (Å²) in [6.07, 6.45) is 0. The molecule has 3 aromatic rings. The van der Waals surface area contributed by atoms with Gasteiger partial charge in [0.25, 0.3) is 0 Å². The average Bonchev–Trinajstić information content (AvgIpc) is 2.76. The zero-order valence-electron chi connectivity index (χ0n) is 11.2. The molecule has 0 fully saturated rings. The first kappa shape index (κ1) is 13.2. The van der Waals surface area contributed by atoms with Crippen molar-refractivity contribution in [2.75, 3.05) is 0 Å². The monoisotopic (exact) mass is 331 g/mol. The van der Waals surface area contributed by atoms with E-state index in [0.717, 1.165) is 27.9 Å². The molecule has 6 heteroatoms. The average molecular weight is 332 g/mol. The molecular formula is C14H14BrN5. The fourth-order valence-corrected chi connectivity index (χ4v) is 2.99. The summed E-state index contributed by atoms with van der Waals surface area (Å²) in [6.45, 7) is 1.97. The van der Waals surface area contributed by atoms with Gasteiger partial charge in [0.05, 0.1) is 17.3 Å². The number of hydrogen-bond acceptors (Lipinski definition) is 4. The van der Waals surface area contributed by atoms with E-state index in [9.17, 15) is 0 Å². The molecule has 2 heterocycles. The molecule has 2 aromatic heterocycles. The Hall–Kier alpha value is -1.79. The van der Waals surface area contributed by atoms with Crippen molar-refractivity contribution >= 4 is 26.8 Å². The minimum absolute atomic E-state index is 0.309. The molecule has 0 aliphatic heterocycles. The van der Waals surface area contributed by atoms with Gasteiger partial charge in [0.1, 0.15) is 0 Å². The molecule has 0 aliphatic rings. The molecule has 0 bridgehead atoms. The molecule has 0 saturated heterocycles. The van der Waals surface area contributed by atoms with Crippen LogP contribution in [0.1, 0.15) is 23.0 Å². The van der Waals surface area contributed by atoms with Gasteiger partial charge in [-0.05, 0) is 40.5 Å².